The van der Waals surface area contributed by atoms with Gasteiger partial charge in [0, 0.05) is 11.6 Å². The lowest BCUT2D eigenvalue weighted by Crippen LogP contribution is -2.10. The minimum atomic E-state index is -0.991. The van der Waals surface area contributed by atoms with Crippen LogP contribution >= 0.6 is 11.3 Å². The van der Waals surface area contributed by atoms with Crippen LogP contribution in [0.15, 0.2) is 11.6 Å². The van der Waals surface area contributed by atoms with E-state index in [0.717, 1.165) is 4.96 Å². The fourth-order valence-corrected chi connectivity index (χ4v) is 1.93. The number of carbonyl (C=O) groups is 1. The number of hydrogen-bond acceptors (Lipinski definition) is 4. The highest BCUT2D eigenvalue weighted by Crippen LogP contribution is 2.22. The van der Waals surface area contributed by atoms with Crippen molar-refractivity contribution in [2.75, 3.05) is 6.61 Å². The summed E-state index contributed by atoms with van der Waals surface area (Å²) in [5.74, 6) is -0.488. The summed E-state index contributed by atoms with van der Waals surface area (Å²) in [7, 11) is 0. The van der Waals surface area contributed by atoms with Crippen molar-refractivity contribution in [1.29, 1.82) is 0 Å². The van der Waals surface area contributed by atoms with Crippen molar-refractivity contribution in [3.63, 3.8) is 0 Å². The van der Waals surface area contributed by atoms with Crippen LogP contribution in [-0.4, -0.2) is 27.1 Å². The molecule has 0 aliphatic rings. The van der Waals surface area contributed by atoms with E-state index in [1.165, 1.54) is 11.3 Å². The second-order valence-electron chi connectivity index (χ2n) is 2.74. The van der Waals surface area contributed by atoms with E-state index in [9.17, 15) is 4.79 Å². The molecule has 0 radical (unpaired) electrons. The summed E-state index contributed by atoms with van der Waals surface area (Å²) in [5, 5.41) is 10.3. The molecule has 6 heteroatoms. The summed E-state index contributed by atoms with van der Waals surface area (Å²) < 4.78 is 6.86. The van der Waals surface area contributed by atoms with Gasteiger partial charge in [0.15, 0.2) is 11.6 Å². The number of hydrogen-bond donors (Lipinski definition) is 1. The molecule has 14 heavy (non-hydrogen) atoms. The Morgan fingerprint density at radius 1 is 1.79 bits per heavy atom. The lowest BCUT2D eigenvalue weighted by molar-refractivity contribution is -0.139. The van der Waals surface area contributed by atoms with Crippen LogP contribution in [0.4, 0.5) is 0 Å². The van der Waals surface area contributed by atoms with Gasteiger partial charge in [0.05, 0.1) is 0 Å². The minimum Gasteiger partial charge on any atom is -0.479 e. The van der Waals surface area contributed by atoms with Crippen LogP contribution in [0, 0.1) is 6.92 Å². The summed E-state index contributed by atoms with van der Waals surface area (Å²) in [4.78, 5) is 15.4. The van der Waals surface area contributed by atoms with Gasteiger partial charge in [-0.2, -0.15) is 0 Å². The smallest absolute Gasteiger partial charge is 0.341 e. The number of ether oxygens (including phenoxy) is 1. The van der Waals surface area contributed by atoms with Crippen molar-refractivity contribution in [2.45, 2.75) is 6.92 Å². The standard InChI is InChI=1S/C8H8N2O3S/c1-5-7(13-4-6(11)12)10-2-3-14-8(10)9-5/h2-3H,4H2,1H3,(H,11,12). The third-order valence-electron chi connectivity index (χ3n) is 1.71. The number of nitrogens with zero attached hydrogens (tertiary/aromatic N) is 2. The van der Waals surface area contributed by atoms with Crippen LogP contribution in [0.1, 0.15) is 5.69 Å². The van der Waals surface area contributed by atoms with Crippen LogP contribution in [0.3, 0.4) is 0 Å². The van der Waals surface area contributed by atoms with E-state index in [0.29, 0.717) is 11.6 Å². The Hall–Kier alpha value is -1.56. The lowest BCUT2D eigenvalue weighted by Gasteiger charge is -2.01. The normalized spacial score (nSPS) is 10.6. The van der Waals surface area contributed by atoms with Crippen LogP contribution in [0.2, 0.25) is 0 Å². The van der Waals surface area contributed by atoms with Gasteiger partial charge in [0.25, 0.3) is 0 Å². The summed E-state index contributed by atoms with van der Waals surface area (Å²) in [5.41, 5.74) is 0.707. The van der Waals surface area contributed by atoms with E-state index in [2.05, 4.69) is 4.98 Å². The molecule has 0 saturated heterocycles. The zero-order chi connectivity index (χ0) is 10.1. The van der Waals surface area contributed by atoms with Gasteiger partial charge in [-0.15, -0.1) is 11.3 Å². The maximum atomic E-state index is 10.3. The number of rotatable bonds is 3. The molecule has 2 rings (SSSR count). The van der Waals surface area contributed by atoms with Gasteiger partial charge >= 0.3 is 5.97 Å². The fourth-order valence-electron chi connectivity index (χ4n) is 1.18. The van der Waals surface area contributed by atoms with E-state index < -0.39 is 5.97 Å². The Balaban J connectivity index is 2.34. The van der Waals surface area contributed by atoms with Gasteiger partial charge < -0.3 is 9.84 Å². The summed E-state index contributed by atoms with van der Waals surface area (Å²) >= 11 is 1.48. The molecular weight excluding hydrogens is 204 g/mol. The molecule has 0 unspecified atom stereocenters. The Morgan fingerprint density at radius 3 is 3.29 bits per heavy atom. The largest absolute Gasteiger partial charge is 0.479 e. The van der Waals surface area contributed by atoms with Crippen molar-refractivity contribution in [3.8, 4) is 5.88 Å². The third kappa shape index (κ3) is 1.44. The van der Waals surface area contributed by atoms with Gasteiger partial charge in [-0.3, -0.25) is 4.40 Å². The topological polar surface area (TPSA) is 63.8 Å². The van der Waals surface area contributed by atoms with Gasteiger partial charge in [-0.05, 0) is 6.92 Å². The second kappa shape index (κ2) is 3.30. The molecule has 0 aromatic carbocycles. The van der Waals surface area contributed by atoms with Crippen LogP contribution in [-0.2, 0) is 4.79 Å². The summed E-state index contributed by atoms with van der Waals surface area (Å²) in [6.07, 6.45) is 1.80. The van der Waals surface area contributed by atoms with E-state index in [-0.39, 0.29) is 6.61 Å². The average molecular weight is 212 g/mol. The first-order valence-electron chi connectivity index (χ1n) is 3.95. The molecule has 0 fully saturated rings. The molecular formula is C8H8N2O3S. The molecule has 2 aromatic heterocycles. The molecule has 74 valence electrons. The van der Waals surface area contributed by atoms with Crippen molar-refractivity contribution in [1.82, 2.24) is 9.38 Å². The van der Waals surface area contributed by atoms with Crippen molar-refractivity contribution < 1.29 is 14.6 Å². The molecule has 2 aromatic rings. The number of carboxylic acids is 1. The van der Waals surface area contributed by atoms with Gasteiger partial charge in [-0.1, -0.05) is 0 Å². The highest BCUT2D eigenvalue weighted by Gasteiger charge is 2.11. The molecule has 0 bridgehead atoms. The van der Waals surface area contributed by atoms with E-state index in [1.54, 1.807) is 17.5 Å². The maximum absolute atomic E-state index is 10.3. The van der Waals surface area contributed by atoms with Gasteiger partial charge in [-0.25, -0.2) is 9.78 Å². The number of imidazole rings is 1. The van der Waals surface area contributed by atoms with Crippen molar-refractivity contribution >= 4 is 22.3 Å². The average Bonchev–Trinajstić information content (AvgIpc) is 2.61. The third-order valence-corrected chi connectivity index (χ3v) is 2.47. The first kappa shape index (κ1) is 9.01. The first-order valence-corrected chi connectivity index (χ1v) is 4.83. The zero-order valence-corrected chi connectivity index (χ0v) is 8.24. The van der Waals surface area contributed by atoms with Crippen LogP contribution in [0.25, 0.3) is 4.96 Å². The minimum absolute atomic E-state index is 0.343. The number of aliphatic carboxylic acids is 1. The molecule has 5 nitrogen and oxygen atoms in total. The lowest BCUT2D eigenvalue weighted by atomic mass is 10.5. The van der Waals surface area contributed by atoms with Crippen molar-refractivity contribution in [2.24, 2.45) is 0 Å². The van der Waals surface area contributed by atoms with Crippen LogP contribution in [0.5, 0.6) is 5.88 Å². The predicted octanol–water partition coefficient (Wildman–Crippen LogP) is 1.17. The summed E-state index contributed by atoms with van der Waals surface area (Å²) in [6.45, 7) is 1.45. The molecule has 0 aliphatic carbocycles. The molecule has 0 saturated carbocycles. The maximum Gasteiger partial charge on any atom is 0.341 e. The Morgan fingerprint density at radius 2 is 2.57 bits per heavy atom. The van der Waals surface area contributed by atoms with E-state index in [4.69, 9.17) is 9.84 Å². The number of aryl methyl sites for hydroxylation is 1. The molecule has 2 heterocycles. The predicted molar refractivity (Wildman–Crippen MR) is 50.9 cm³/mol. The highest BCUT2D eigenvalue weighted by atomic mass is 32.1. The van der Waals surface area contributed by atoms with E-state index in [1.807, 2.05) is 5.38 Å². The molecule has 1 N–H and O–H groups in total. The molecule has 0 atom stereocenters. The second-order valence-corrected chi connectivity index (χ2v) is 3.61. The monoisotopic (exact) mass is 212 g/mol. The van der Waals surface area contributed by atoms with E-state index >= 15 is 0 Å². The summed E-state index contributed by atoms with van der Waals surface area (Å²) in [6, 6.07) is 0. The number of thiazole rings is 1. The van der Waals surface area contributed by atoms with Crippen molar-refractivity contribution in [3.05, 3.63) is 17.3 Å². The van der Waals surface area contributed by atoms with Gasteiger partial charge in [0.1, 0.15) is 5.69 Å². The number of carboxylic acid groups (broad SMARTS) is 1. The highest BCUT2D eigenvalue weighted by molar-refractivity contribution is 7.15. The zero-order valence-electron chi connectivity index (χ0n) is 7.43. The Labute approximate surface area is 83.6 Å². The van der Waals surface area contributed by atoms with Gasteiger partial charge in [0.2, 0.25) is 5.88 Å². The SMILES string of the molecule is Cc1nc2sccn2c1OCC(=O)O. The number of aromatic nitrogens is 2. The quantitative estimate of drug-likeness (QED) is 0.829. The fraction of sp³-hybridized carbons (Fsp3) is 0.250. The Bertz CT molecular complexity index is 474. The van der Waals surface area contributed by atoms with Crippen LogP contribution < -0.4 is 4.74 Å². The first-order chi connectivity index (χ1) is 6.68. The molecule has 0 amide bonds. The molecule has 0 aliphatic heterocycles. The Kier molecular flexibility index (Phi) is 2.12. The number of fused-ring (bicyclic) bond motifs is 1. The molecule has 0 spiro atoms.